The zero-order valence-corrected chi connectivity index (χ0v) is 7.20. The van der Waals surface area contributed by atoms with Gasteiger partial charge in [-0.1, -0.05) is 0 Å². The van der Waals surface area contributed by atoms with E-state index in [2.05, 4.69) is 0 Å². The molecule has 1 saturated heterocycles. The molecule has 0 bridgehead atoms. The van der Waals surface area contributed by atoms with Gasteiger partial charge in [0.15, 0.2) is 6.29 Å². The van der Waals surface area contributed by atoms with E-state index < -0.39 is 11.9 Å². The Hall–Kier alpha value is -0.740. The molecule has 1 rings (SSSR count). The van der Waals surface area contributed by atoms with Gasteiger partial charge >= 0.3 is 0 Å². The predicted molar refractivity (Wildman–Crippen MR) is 40.8 cm³/mol. The number of ketones is 1. The number of Topliss-reactive ketones (excluding diaryl/α,β-unsaturated/α-hetero) is 1. The third-order valence-electron chi connectivity index (χ3n) is 1.69. The van der Waals surface area contributed by atoms with Crippen molar-refractivity contribution in [2.45, 2.75) is 25.6 Å². The Balaban J connectivity index is 2.46. The lowest BCUT2D eigenvalue weighted by Gasteiger charge is -2.33. The summed E-state index contributed by atoms with van der Waals surface area (Å²) < 4.78 is 10.4. The van der Waals surface area contributed by atoms with Crippen molar-refractivity contribution in [2.24, 2.45) is 0 Å². The topological polar surface area (TPSA) is 52.6 Å². The highest BCUT2D eigenvalue weighted by Gasteiger charge is 2.31. The first-order chi connectivity index (χ1) is 5.55. The van der Waals surface area contributed by atoms with Crippen LogP contribution in [-0.2, 0) is 19.1 Å². The van der Waals surface area contributed by atoms with E-state index in [9.17, 15) is 9.59 Å². The number of carbonyl (C=O) groups is 2. The third-order valence-corrected chi connectivity index (χ3v) is 1.69. The highest BCUT2D eigenvalue weighted by molar-refractivity contribution is 6.27. The van der Waals surface area contributed by atoms with Crippen LogP contribution in [0.4, 0.5) is 0 Å². The van der Waals surface area contributed by atoms with Crippen LogP contribution in [0.15, 0.2) is 0 Å². The van der Waals surface area contributed by atoms with Gasteiger partial charge in [-0.2, -0.15) is 0 Å². The smallest absolute Gasteiger partial charge is 0.226 e. The minimum absolute atomic E-state index is 0.171. The summed E-state index contributed by atoms with van der Waals surface area (Å²) in [7, 11) is 0. The molecule has 1 fully saturated rings. The van der Waals surface area contributed by atoms with Crippen molar-refractivity contribution < 1.29 is 19.1 Å². The van der Waals surface area contributed by atoms with Crippen molar-refractivity contribution in [1.82, 2.24) is 0 Å². The van der Waals surface area contributed by atoms with Crippen molar-refractivity contribution in [3.8, 4) is 0 Å². The van der Waals surface area contributed by atoms with Crippen LogP contribution in [0.3, 0.4) is 0 Å². The molecule has 1 atom stereocenters. The Bertz CT molecular complexity index is 187. The maximum Gasteiger partial charge on any atom is 0.226 e. The van der Waals surface area contributed by atoms with Gasteiger partial charge in [-0.05, 0) is 13.8 Å². The lowest BCUT2D eigenvalue weighted by molar-refractivity contribution is -0.181. The summed E-state index contributed by atoms with van der Waals surface area (Å²) in [6.07, 6.45) is -0.428. The van der Waals surface area contributed by atoms with Crippen LogP contribution in [0.2, 0.25) is 0 Å². The zero-order chi connectivity index (χ0) is 9.19. The molecule has 0 N–H and O–H groups in total. The molecular formula is C8H12O4. The Morgan fingerprint density at radius 3 is 2.67 bits per heavy atom. The van der Waals surface area contributed by atoms with Crippen LogP contribution >= 0.6 is 0 Å². The third kappa shape index (κ3) is 2.12. The van der Waals surface area contributed by atoms with E-state index in [0.717, 1.165) is 0 Å². The highest BCUT2D eigenvalue weighted by Crippen LogP contribution is 2.17. The van der Waals surface area contributed by atoms with Gasteiger partial charge in [-0.3, -0.25) is 9.59 Å². The molecule has 68 valence electrons. The quantitative estimate of drug-likeness (QED) is 0.433. The molecule has 0 saturated carbocycles. The Morgan fingerprint density at radius 2 is 2.25 bits per heavy atom. The molecule has 0 aromatic rings. The molecule has 1 aliphatic rings. The zero-order valence-electron chi connectivity index (χ0n) is 7.20. The standard InChI is InChI=1S/C8H12O4/c1-8(2)5-11-7(4-12-8)6(10)3-9/h3,7H,4-5H2,1-2H3. The SMILES string of the molecule is CC1(C)COC(C(=O)C=O)CO1. The lowest BCUT2D eigenvalue weighted by Crippen LogP contribution is -2.45. The van der Waals surface area contributed by atoms with Crippen molar-refractivity contribution >= 4 is 12.1 Å². The van der Waals surface area contributed by atoms with Crippen molar-refractivity contribution in [2.75, 3.05) is 13.2 Å². The van der Waals surface area contributed by atoms with Crippen molar-refractivity contribution in [1.29, 1.82) is 0 Å². The van der Waals surface area contributed by atoms with Crippen LogP contribution in [0, 0.1) is 0 Å². The maximum atomic E-state index is 10.8. The molecule has 12 heavy (non-hydrogen) atoms. The van der Waals surface area contributed by atoms with Gasteiger partial charge in [-0.15, -0.1) is 0 Å². The van der Waals surface area contributed by atoms with Gasteiger partial charge in [0.05, 0.1) is 18.8 Å². The monoisotopic (exact) mass is 172 g/mol. The molecule has 0 spiro atoms. The molecule has 4 nitrogen and oxygen atoms in total. The minimum atomic E-state index is -0.699. The van der Waals surface area contributed by atoms with Gasteiger partial charge < -0.3 is 9.47 Å². The van der Waals surface area contributed by atoms with Gasteiger partial charge in [0.25, 0.3) is 0 Å². The summed E-state index contributed by atoms with van der Waals surface area (Å²) in [4.78, 5) is 20.9. The maximum absolute atomic E-state index is 10.8. The van der Waals surface area contributed by atoms with E-state index in [1.807, 2.05) is 13.8 Å². The van der Waals surface area contributed by atoms with Crippen molar-refractivity contribution in [3.05, 3.63) is 0 Å². The fourth-order valence-electron chi connectivity index (χ4n) is 0.932. The van der Waals surface area contributed by atoms with E-state index >= 15 is 0 Å². The van der Waals surface area contributed by atoms with E-state index in [4.69, 9.17) is 9.47 Å². The van der Waals surface area contributed by atoms with Crippen LogP contribution in [-0.4, -0.2) is 37.0 Å². The molecule has 0 amide bonds. The van der Waals surface area contributed by atoms with Gasteiger partial charge in [0, 0.05) is 0 Å². The summed E-state index contributed by atoms with van der Waals surface area (Å²) in [6.45, 7) is 4.25. The first kappa shape index (κ1) is 9.35. The Labute approximate surface area is 70.8 Å². The lowest BCUT2D eigenvalue weighted by atomic mass is 10.1. The molecule has 0 aromatic carbocycles. The molecular weight excluding hydrogens is 160 g/mol. The molecule has 1 heterocycles. The largest absolute Gasteiger partial charge is 0.370 e. The van der Waals surface area contributed by atoms with Crippen LogP contribution in [0.5, 0.6) is 0 Å². The predicted octanol–water partition coefficient (Wildman–Crippen LogP) is -0.0516. The van der Waals surface area contributed by atoms with E-state index in [0.29, 0.717) is 6.61 Å². The summed E-state index contributed by atoms with van der Waals surface area (Å²) >= 11 is 0. The second kappa shape index (κ2) is 3.33. The van der Waals surface area contributed by atoms with Crippen molar-refractivity contribution in [3.63, 3.8) is 0 Å². The average Bonchev–Trinajstić information content (AvgIpc) is 2.03. The fraction of sp³-hybridized carbons (Fsp3) is 0.750. The number of aldehydes is 1. The van der Waals surface area contributed by atoms with Gasteiger partial charge in [0.1, 0.15) is 6.10 Å². The summed E-state index contributed by atoms with van der Waals surface area (Å²) in [5.41, 5.74) is -0.348. The summed E-state index contributed by atoms with van der Waals surface area (Å²) in [5.74, 6) is -0.550. The molecule has 4 heteroatoms. The fourth-order valence-corrected chi connectivity index (χ4v) is 0.932. The Kier molecular flexibility index (Phi) is 2.59. The van der Waals surface area contributed by atoms with Crippen LogP contribution in [0.25, 0.3) is 0 Å². The molecule has 0 radical (unpaired) electrons. The molecule has 0 aliphatic carbocycles. The number of rotatable bonds is 2. The number of ether oxygens (including phenoxy) is 2. The highest BCUT2D eigenvalue weighted by atomic mass is 16.6. The van der Waals surface area contributed by atoms with Crippen LogP contribution < -0.4 is 0 Å². The second-order valence-electron chi connectivity index (χ2n) is 3.39. The summed E-state index contributed by atoms with van der Waals surface area (Å²) in [5, 5.41) is 0. The molecule has 1 unspecified atom stereocenters. The number of hydrogen-bond acceptors (Lipinski definition) is 4. The van der Waals surface area contributed by atoms with E-state index in [1.165, 1.54) is 0 Å². The average molecular weight is 172 g/mol. The number of hydrogen-bond donors (Lipinski definition) is 0. The van der Waals surface area contributed by atoms with E-state index in [1.54, 1.807) is 0 Å². The van der Waals surface area contributed by atoms with Gasteiger partial charge in [0.2, 0.25) is 5.78 Å². The minimum Gasteiger partial charge on any atom is -0.370 e. The Morgan fingerprint density at radius 1 is 1.58 bits per heavy atom. The molecule has 0 aromatic heterocycles. The normalized spacial score (nSPS) is 28.0. The number of carbonyl (C=O) groups excluding carboxylic acids is 2. The van der Waals surface area contributed by atoms with Gasteiger partial charge in [-0.25, -0.2) is 0 Å². The second-order valence-corrected chi connectivity index (χ2v) is 3.39. The van der Waals surface area contributed by atoms with E-state index in [-0.39, 0.29) is 18.5 Å². The first-order valence-electron chi connectivity index (χ1n) is 3.80. The molecule has 1 aliphatic heterocycles. The first-order valence-corrected chi connectivity index (χ1v) is 3.80. The summed E-state index contributed by atoms with van der Waals surface area (Å²) in [6, 6.07) is 0. The van der Waals surface area contributed by atoms with Crippen LogP contribution in [0.1, 0.15) is 13.8 Å².